The molecule has 30 heavy (non-hydrogen) atoms. The number of methoxy groups -OCH3 is 1. The van der Waals surface area contributed by atoms with Crippen LogP contribution in [0.5, 0.6) is 5.75 Å². The Morgan fingerprint density at radius 2 is 2.10 bits per heavy atom. The Labute approximate surface area is 169 Å². The summed E-state index contributed by atoms with van der Waals surface area (Å²) in [5.41, 5.74) is 6.28. The van der Waals surface area contributed by atoms with E-state index in [-0.39, 0.29) is 17.0 Å². The van der Waals surface area contributed by atoms with Crippen LogP contribution >= 0.6 is 0 Å². The van der Waals surface area contributed by atoms with Crippen molar-refractivity contribution in [1.82, 2.24) is 9.88 Å². The summed E-state index contributed by atoms with van der Waals surface area (Å²) in [6, 6.07) is 8.04. The van der Waals surface area contributed by atoms with E-state index < -0.39 is 24.6 Å². The summed E-state index contributed by atoms with van der Waals surface area (Å²) in [4.78, 5) is 17.3. The quantitative estimate of drug-likeness (QED) is 0.534. The number of halogens is 3. The van der Waals surface area contributed by atoms with Crippen LogP contribution in [0, 0.1) is 5.41 Å². The Kier molecular flexibility index (Phi) is 5.92. The second kappa shape index (κ2) is 8.41. The standard InChI is InChI=1S/C19H19F3N6O2/c1-30-14-4-2-13(3-5-14)28-16-11(6-15(17(28)29)12(7-23)8-24)9-25-18(27-16)26-10-19(20,21)22/h2-9,18,23,26-27H,10,24H2,1H3/b12-8+,23-7?. The molecule has 0 spiro atoms. The third kappa shape index (κ3) is 4.35. The third-order valence-corrected chi connectivity index (χ3v) is 4.34. The maximum absolute atomic E-state index is 13.2. The molecule has 1 atom stereocenters. The maximum Gasteiger partial charge on any atom is 0.401 e. The summed E-state index contributed by atoms with van der Waals surface area (Å²) >= 11 is 0. The number of nitrogens with two attached hydrogens (primary N) is 1. The van der Waals surface area contributed by atoms with Crippen LogP contribution < -0.4 is 26.7 Å². The van der Waals surface area contributed by atoms with Gasteiger partial charge in [0.05, 0.1) is 24.9 Å². The van der Waals surface area contributed by atoms with Gasteiger partial charge in [0.15, 0.2) is 6.29 Å². The van der Waals surface area contributed by atoms with Crippen molar-refractivity contribution in [3.05, 3.63) is 58.0 Å². The number of aliphatic imine (C=N–C) groups is 1. The van der Waals surface area contributed by atoms with Crippen molar-refractivity contribution < 1.29 is 17.9 Å². The second-order valence-corrected chi connectivity index (χ2v) is 6.29. The van der Waals surface area contributed by atoms with Gasteiger partial charge in [-0.25, -0.2) is 0 Å². The normalized spacial score (nSPS) is 16.0. The van der Waals surface area contributed by atoms with E-state index in [1.807, 2.05) is 0 Å². The van der Waals surface area contributed by atoms with E-state index in [0.29, 0.717) is 17.0 Å². The molecular formula is C19H19F3N6O2. The Hall–Kier alpha value is -3.60. The van der Waals surface area contributed by atoms with Gasteiger partial charge in [0.1, 0.15) is 11.6 Å². The number of ether oxygens (including phenoxy) is 1. The largest absolute Gasteiger partial charge is 0.497 e. The topological polar surface area (TPSA) is 118 Å². The van der Waals surface area contributed by atoms with Crippen molar-refractivity contribution in [2.45, 2.75) is 12.5 Å². The average molecular weight is 420 g/mol. The summed E-state index contributed by atoms with van der Waals surface area (Å²) in [5.74, 6) is 0.822. The predicted molar refractivity (Wildman–Crippen MR) is 109 cm³/mol. The third-order valence-electron chi connectivity index (χ3n) is 4.34. The molecule has 0 bridgehead atoms. The van der Waals surface area contributed by atoms with Crippen LogP contribution in [0.4, 0.5) is 19.0 Å². The van der Waals surface area contributed by atoms with Crippen LogP contribution in [-0.2, 0) is 0 Å². The van der Waals surface area contributed by atoms with Crippen LogP contribution in [0.3, 0.4) is 0 Å². The summed E-state index contributed by atoms with van der Waals surface area (Å²) < 4.78 is 44.1. The van der Waals surface area contributed by atoms with Gasteiger partial charge in [0, 0.05) is 29.8 Å². The molecule has 0 amide bonds. The molecule has 2 aromatic rings. The van der Waals surface area contributed by atoms with Gasteiger partial charge in [-0.2, -0.15) is 13.2 Å². The zero-order valence-corrected chi connectivity index (χ0v) is 15.8. The van der Waals surface area contributed by atoms with Gasteiger partial charge >= 0.3 is 6.18 Å². The molecule has 1 aliphatic rings. The fraction of sp³-hybridized carbons (Fsp3) is 0.211. The van der Waals surface area contributed by atoms with Crippen LogP contribution in [0.25, 0.3) is 11.3 Å². The number of pyridine rings is 1. The van der Waals surface area contributed by atoms with Gasteiger partial charge in [-0.3, -0.25) is 19.7 Å². The molecule has 0 radical (unpaired) electrons. The lowest BCUT2D eigenvalue weighted by Gasteiger charge is -2.26. The van der Waals surface area contributed by atoms with Gasteiger partial charge in [-0.05, 0) is 30.3 Å². The lowest BCUT2D eigenvalue weighted by Crippen LogP contribution is -2.43. The molecule has 0 saturated carbocycles. The van der Waals surface area contributed by atoms with E-state index in [1.165, 1.54) is 24.0 Å². The average Bonchev–Trinajstić information content (AvgIpc) is 2.73. The highest BCUT2D eigenvalue weighted by molar-refractivity contribution is 6.08. The summed E-state index contributed by atoms with van der Waals surface area (Å²) in [6.45, 7) is -1.25. The van der Waals surface area contributed by atoms with Crippen molar-refractivity contribution in [2.24, 2.45) is 10.7 Å². The van der Waals surface area contributed by atoms with Crippen LogP contribution in [0.2, 0.25) is 0 Å². The van der Waals surface area contributed by atoms with Crippen LogP contribution in [0.15, 0.2) is 46.3 Å². The van der Waals surface area contributed by atoms with Gasteiger partial charge < -0.3 is 21.2 Å². The zero-order valence-electron chi connectivity index (χ0n) is 15.8. The summed E-state index contributed by atoms with van der Waals surface area (Å²) in [7, 11) is 1.50. The Balaban J connectivity index is 2.14. The van der Waals surface area contributed by atoms with E-state index in [1.54, 1.807) is 24.3 Å². The number of anilines is 1. The molecule has 3 rings (SSSR count). The fourth-order valence-electron chi connectivity index (χ4n) is 2.92. The number of alkyl halides is 3. The van der Waals surface area contributed by atoms with Crippen LogP contribution in [0.1, 0.15) is 11.1 Å². The molecule has 1 aromatic carbocycles. The molecule has 158 valence electrons. The number of nitrogens with one attached hydrogen (secondary N) is 3. The molecule has 0 aliphatic carbocycles. The smallest absolute Gasteiger partial charge is 0.401 e. The zero-order chi connectivity index (χ0) is 21.9. The Bertz CT molecular complexity index is 1060. The maximum atomic E-state index is 13.2. The number of allylic oxidation sites excluding steroid dienone is 1. The minimum Gasteiger partial charge on any atom is -0.497 e. The van der Waals surface area contributed by atoms with Gasteiger partial charge in [0.2, 0.25) is 0 Å². The first kappa shape index (κ1) is 21.1. The first-order valence-electron chi connectivity index (χ1n) is 8.74. The van der Waals surface area contributed by atoms with E-state index >= 15 is 0 Å². The Morgan fingerprint density at radius 3 is 2.67 bits per heavy atom. The molecule has 1 aromatic heterocycles. The lowest BCUT2D eigenvalue weighted by atomic mass is 10.1. The van der Waals surface area contributed by atoms with E-state index in [0.717, 1.165) is 12.4 Å². The SMILES string of the molecule is COc1ccc(-n2c3c(cc(/C(C=N)=C/N)c2=O)C=NC(NCC(F)(F)F)N3)cc1. The Morgan fingerprint density at radius 1 is 1.40 bits per heavy atom. The molecule has 1 unspecified atom stereocenters. The highest BCUT2D eigenvalue weighted by atomic mass is 19.4. The first-order chi connectivity index (χ1) is 14.3. The van der Waals surface area contributed by atoms with E-state index in [9.17, 15) is 18.0 Å². The molecule has 1 aliphatic heterocycles. The predicted octanol–water partition coefficient (Wildman–Crippen LogP) is 2.08. The van der Waals surface area contributed by atoms with Crippen molar-refractivity contribution in [3.8, 4) is 11.4 Å². The molecular weight excluding hydrogens is 401 g/mol. The van der Waals surface area contributed by atoms with Crippen molar-refractivity contribution in [2.75, 3.05) is 19.0 Å². The minimum atomic E-state index is -4.41. The first-order valence-corrected chi connectivity index (χ1v) is 8.74. The molecule has 8 nitrogen and oxygen atoms in total. The molecule has 11 heteroatoms. The van der Waals surface area contributed by atoms with Gasteiger partial charge in [-0.1, -0.05) is 0 Å². The van der Waals surface area contributed by atoms with Crippen molar-refractivity contribution in [3.63, 3.8) is 0 Å². The highest BCUT2D eigenvalue weighted by Gasteiger charge is 2.29. The van der Waals surface area contributed by atoms with Gasteiger partial charge in [0.25, 0.3) is 5.56 Å². The van der Waals surface area contributed by atoms with Crippen LogP contribution in [-0.4, -0.2) is 43.1 Å². The summed E-state index contributed by atoms with van der Waals surface area (Å²) in [5, 5.41) is 12.6. The second-order valence-electron chi connectivity index (χ2n) is 6.29. The fourth-order valence-corrected chi connectivity index (χ4v) is 2.92. The molecule has 0 saturated heterocycles. The molecule has 5 N–H and O–H groups in total. The van der Waals surface area contributed by atoms with Crippen molar-refractivity contribution in [1.29, 1.82) is 5.41 Å². The lowest BCUT2D eigenvalue weighted by molar-refractivity contribution is -0.125. The van der Waals surface area contributed by atoms with Crippen molar-refractivity contribution >= 4 is 23.8 Å². The molecule has 0 fully saturated rings. The van der Waals surface area contributed by atoms with Gasteiger partial charge in [-0.15, -0.1) is 0 Å². The molecule has 2 heterocycles. The number of hydrogen-bond donors (Lipinski definition) is 4. The number of aromatic nitrogens is 1. The highest BCUT2D eigenvalue weighted by Crippen LogP contribution is 2.25. The summed E-state index contributed by atoms with van der Waals surface area (Å²) in [6.07, 6.45) is -2.05. The monoisotopic (exact) mass is 420 g/mol. The number of benzene rings is 1. The van der Waals surface area contributed by atoms with E-state index in [2.05, 4.69) is 15.6 Å². The van der Waals surface area contributed by atoms with E-state index in [4.69, 9.17) is 15.9 Å². The number of rotatable bonds is 6. The number of nitrogens with zero attached hydrogens (tertiary/aromatic N) is 2. The number of hydrogen-bond acceptors (Lipinski definition) is 7. The minimum absolute atomic E-state index is 0.150. The number of fused-ring (bicyclic) bond motifs is 1.